The number of benzene rings is 1. The molecule has 0 bridgehead atoms. The lowest BCUT2D eigenvalue weighted by atomic mass is 10.0. The molecule has 3 rings (SSSR count). The van der Waals surface area contributed by atoms with Gasteiger partial charge in [-0.25, -0.2) is 9.87 Å². The number of nitrogens with zero attached hydrogens (tertiary/aromatic N) is 1. The molecule has 0 radical (unpaired) electrons. The number of hydrogen-bond acceptors (Lipinski definition) is 5. The highest BCUT2D eigenvalue weighted by molar-refractivity contribution is 5.94. The number of carbonyl (C=O) groups excluding carboxylic acids is 4. The molecule has 240 valence electrons. The van der Waals surface area contributed by atoms with Crippen LogP contribution in [0.5, 0.6) is 0 Å². The Morgan fingerprint density at radius 1 is 0.976 bits per heavy atom. The second-order valence-electron chi connectivity index (χ2n) is 11.2. The van der Waals surface area contributed by atoms with E-state index in [0.29, 0.717) is 31.5 Å². The molecule has 1 aromatic carbocycles. The number of hydrogen-bond donors (Lipinski definition) is 4. The van der Waals surface area contributed by atoms with Crippen LogP contribution in [0.1, 0.15) is 110 Å². The smallest absolute Gasteiger partial charge is 0.251 e. The fourth-order valence-corrected chi connectivity index (χ4v) is 4.14. The van der Waals surface area contributed by atoms with Crippen molar-refractivity contribution in [2.75, 3.05) is 19.6 Å². The minimum Gasteiger partial charge on any atom is -0.349 e. The first-order valence-corrected chi connectivity index (χ1v) is 15.5. The summed E-state index contributed by atoms with van der Waals surface area (Å²) in [5.74, 6) is -0.829. The molecule has 0 unspecified atom stereocenters. The van der Waals surface area contributed by atoms with Crippen LogP contribution in [0.2, 0.25) is 0 Å². The van der Waals surface area contributed by atoms with E-state index in [9.17, 15) is 23.6 Å². The predicted octanol–water partition coefficient (Wildman–Crippen LogP) is 5.47. The van der Waals surface area contributed by atoms with E-state index in [4.69, 9.17) is 5.21 Å². The van der Waals surface area contributed by atoms with Crippen molar-refractivity contribution in [3.05, 3.63) is 35.6 Å². The Morgan fingerprint density at radius 3 is 1.93 bits per heavy atom. The Labute approximate surface area is 252 Å². The summed E-state index contributed by atoms with van der Waals surface area (Å²) in [6.45, 7) is 15.2. The zero-order valence-corrected chi connectivity index (χ0v) is 26.8. The van der Waals surface area contributed by atoms with E-state index in [2.05, 4.69) is 38.3 Å². The standard InChI is InChI=1S/C19H25FN4O5.C6H12.C5H12.C2H6/c1-12(10-16(25)23-29)18(27)21-11-17(26)24-8-6-15(7-9-24)22-19(28)13-2-4-14(20)5-3-13;1-6-4-2-3-5-6;1-4-5(2)3;1-2/h2-5,12,15,29H,6-11H2,1H3,(H,21,27)(H,22,28)(H,23,25);6H,2-5H2,1H3;5H,4H2,1-3H3;1-2H3/t12-;;;/m1.../s1. The lowest BCUT2D eigenvalue weighted by Gasteiger charge is -2.32. The number of carbonyl (C=O) groups is 4. The van der Waals surface area contributed by atoms with Gasteiger partial charge in [0.1, 0.15) is 5.82 Å². The first-order valence-electron chi connectivity index (χ1n) is 15.5. The van der Waals surface area contributed by atoms with E-state index in [1.54, 1.807) is 4.90 Å². The molecule has 1 saturated heterocycles. The molecule has 4 amide bonds. The van der Waals surface area contributed by atoms with Crippen LogP contribution in [0.4, 0.5) is 4.39 Å². The van der Waals surface area contributed by atoms with E-state index in [0.717, 1.165) is 11.8 Å². The Kier molecular flexibility index (Phi) is 21.0. The van der Waals surface area contributed by atoms with Crippen LogP contribution in [0, 0.1) is 23.6 Å². The van der Waals surface area contributed by atoms with Gasteiger partial charge in [0.25, 0.3) is 5.91 Å². The molecular weight excluding hydrogens is 539 g/mol. The maximum Gasteiger partial charge on any atom is 0.251 e. The topological polar surface area (TPSA) is 128 Å². The van der Waals surface area contributed by atoms with Crippen LogP contribution >= 0.6 is 0 Å². The van der Waals surface area contributed by atoms with Crippen molar-refractivity contribution in [1.82, 2.24) is 21.0 Å². The van der Waals surface area contributed by atoms with Crippen LogP contribution in [-0.2, 0) is 14.4 Å². The molecule has 42 heavy (non-hydrogen) atoms. The van der Waals surface area contributed by atoms with Crippen LogP contribution in [-0.4, -0.2) is 59.4 Å². The Balaban J connectivity index is 0.00000107. The second kappa shape index (κ2) is 22.6. The molecule has 1 aliphatic carbocycles. The molecular formula is C32H55FN4O5. The first-order chi connectivity index (χ1) is 20.0. The summed E-state index contributed by atoms with van der Waals surface area (Å²) in [5, 5.41) is 13.8. The Hall–Kier alpha value is -3.01. The van der Waals surface area contributed by atoms with E-state index < -0.39 is 23.5 Å². The predicted molar refractivity (Wildman–Crippen MR) is 164 cm³/mol. The SMILES string of the molecule is CC.CC1CCCC1.CCC(C)C.C[C@H](CC(=O)NO)C(=O)NCC(=O)N1CCC(NC(=O)c2ccc(F)cc2)CC1. The second-order valence-corrected chi connectivity index (χ2v) is 11.2. The first kappa shape index (κ1) is 39.0. The van der Waals surface area contributed by atoms with Crippen LogP contribution in [0.3, 0.4) is 0 Å². The van der Waals surface area contributed by atoms with Gasteiger partial charge < -0.3 is 15.5 Å². The molecule has 2 fully saturated rings. The minimum absolute atomic E-state index is 0.0942. The van der Waals surface area contributed by atoms with Crippen LogP contribution < -0.4 is 16.1 Å². The maximum atomic E-state index is 12.9. The number of piperidine rings is 1. The van der Waals surface area contributed by atoms with Gasteiger partial charge in [0.2, 0.25) is 17.7 Å². The Bertz CT molecular complexity index is 912. The van der Waals surface area contributed by atoms with Crippen molar-refractivity contribution in [2.45, 2.75) is 106 Å². The normalized spacial score (nSPS) is 15.5. The lowest BCUT2D eigenvalue weighted by Crippen LogP contribution is -2.49. The number of hydroxylamine groups is 1. The molecule has 1 heterocycles. The number of amides is 4. The van der Waals surface area contributed by atoms with Crippen LogP contribution in [0.15, 0.2) is 24.3 Å². The van der Waals surface area contributed by atoms with Crippen molar-refractivity contribution in [1.29, 1.82) is 0 Å². The lowest BCUT2D eigenvalue weighted by molar-refractivity contribution is -0.136. The molecule has 0 spiro atoms. The third-order valence-corrected chi connectivity index (χ3v) is 7.23. The molecule has 1 aromatic rings. The van der Waals surface area contributed by atoms with Gasteiger partial charge in [0, 0.05) is 37.0 Å². The van der Waals surface area contributed by atoms with Gasteiger partial charge in [-0.15, -0.1) is 0 Å². The molecule has 10 heteroatoms. The third kappa shape index (κ3) is 17.1. The highest BCUT2D eigenvalue weighted by Gasteiger charge is 2.25. The molecule has 9 nitrogen and oxygen atoms in total. The van der Waals surface area contributed by atoms with Crippen molar-refractivity contribution < 1.29 is 28.8 Å². The van der Waals surface area contributed by atoms with Crippen molar-refractivity contribution >= 4 is 23.6 Å². The summed E-state index contributed by atoms with van der Waals surface area (Å²) in [4.78, 5) is 49.0. The van der Waals surface area contributed by atoms with Gasteiger partial charge in [0.15, 0.2) is 0 Å². The highest BCUT2D eigenvalue weighted by Crippen LogP contribution is 2.23. The third-order valence-electron chi connectivity index (χ3n) is 7.23. The molecule has 4 N–H and O–H groups in total. The van der Waals surface area contributed by atoms with Crippen molar-refractivity contribution in [3.63, 3.8) is 0 Å². The largest absolute Gasteiger partial charge is 0.349 e. The number of halogens is 1. The summed E-state index contributed by atoms with van der Waals surface area (Å²) in [7, 11) is 0. The van der Waals surface area contributed by atoms with Gasteiger partial charge in [-0.05, 0) is 48.9 Å². The monoisotopic (exact) mass is 594 g/mol. The highest BCUT2D eigenvalue weighted by atomic mass is 19.1. The zero-order chi connectivity index (χ0) is 32.1. The number of nitrogens with one attached hydrogen (secondary N) is 3. The summed E-state index contributed by atoms with van der Waals surface area (Å²) in [6, 6.07) is 5.18. The van der Waals surface area contributed by atoms with E-state index in [1.165, 1.54) is 68.8 Å². The van der Waals surface area contributed by atoms with Gasteiger partial charge >= 0.3 is 0 Å². The maximum absolute atomic E-state index is 12.9. The molecule has 0 aromatic heterocycles. The quantitative estimate of drug-likeness (QED) is 0.234. The van der Waals surface area contributed by atoms with Gasteiger partial charge in [-0.3, -0.25) is 24.4 Å². The van der Waals surface area contributed by atoms with Gasteiger partial charge in [-0.2, -0.15) is 0 Å². The van der Waals surface area contributed by atoms with E-state index in [1.807, 2.05) is 13.8 Å². The Morgan fingerprint density at radius 2 is 1.50 bits per heavy atom. The number of likely N-dealkylation sites (tertiary alicyclic amines) is 1. The fourth-order valence-electron chi connectivity index (χ4n) is 4.14. The molecule has 1 atom stereocenters. The fraction of sp³-hybridized carbons (Fsp3) is 0.688. The number of rotatable bonds is 8. The molecule has 1 saturated carbocycles. The van der Waals surface area contributed by atoms with Crippen LogP contribution in [0.25, 0.3) is 0 Å². The summed E-state index contributed by atoms with van der Waals surface area (Å²) < 4.78 is 12.9. The van der Waals surface area contributed by atoms with Crippen molar-refractivity contribution in [2.24, 2.45) is 17.8 Å². The average molecular weight is 595 g/mol. The summed E-state index contributed by atoms with van der Waals surface area (Å²) in [6.07, 6.45) is 8.21. The summed E-state index contributed by atoms with van der Waals surface area (Å²) >= 11 is 0. The average Bonchev–Trinajstić information content (AvgIpc) is 3.48. The summed E-state index contributed by atoms with van der Waals surface area (Å²) in [5.41, 5.74) is 1.83. The van der Waals surface area contributed by atoms with Crippen molar-refractivity contribution in [3.8, 4) is 0 Å². The zero-order valence-electron chi connectivity index (χ0n) is 26.8. The minimum atomic E-state index is -0.678. The molecule has 2 aliphatic rings. The van der Waals surface area contributed by atoms with E-state index in [-0.39, 0.29) is 30.8 Å². The van der Waals surface area contributed by atoms with Gasteiger partial charge in [-0.1, -0.05) is 80.6 Å². The van der Waals surface area contributed by atoms with E-state index >= 15 is 0 Å². The molecule has 1 aliphatic heterocycles. The van der Waals surface area contributed by atoms with Gasteiger partial charge in [0.05, 0.1) is 6.54 Å².